The zero-order valence-corrected chi connectivity index (χ0v) is 10.9. The zero-order chi connectivity index (χ0) is 9.72. The standard InChI is InChI=1S/C8H15NO3.2ClH.H3N/c1-5-9(11)7(4)12-8(10)6(2)3;;;/h7,11H,2,5H2,1,3-4H3;2*1H;1H3. The van der Waals surface area contributed by atoms with Crippen LogP contribution in [0.1, 0.15) is 20.8 Å². The number of halogens is 2. The van der Waals surface area contributed by atoms with Crippen molar-refractivity contribution in [3.8, 4) is 0 Å². The van der Waals surface area contributed by atoms with Crippen LogP contribution in [0.2, 0.25) is 0 Å². The summed E-state index contributed by atoms with van der Waals surface area (Å²) < 4.78 is 4.80. The van der Waals surface area contributed by atoms with Crippen molar-refractivity contribution in [2.45, 2.75) is 27.0 Å². The summed E-state index contributed by atoms with van der Waals surface area (Å²) >= 11 is 0. The Morgan fingerprint density at radius 1 is 1.53 bits per heavy atom. The molecule has 15 heavy (non-hydrogen) atoms. The lowest BCUT2D eigenvalue weighted by Crippen LogP contribution is -2.33. The highest BCUT2D eigenvalue weighted by Gasteiger charge is 2.14. The molecule has 0 aliphatic rings. The smallest absolute Gasteiger partial charge is 0.334 e. The Kier molecular flexibility index (Phi) is 18.9. The van der Waals surface area contributed by atoms with Crippen LogP contribution in [0, 0.1) is 0 Å². The molecule has 0 amide bonds. The fraction of sp³-hybridized carbons (Fsp3) is 0.625. The van der Waals surface area contributed by atoms with Crippen LogP contribution in [-0.2, 0) is 9.53 Å². The number of carbonyl (C=O) groups excluding carboxylic acids is 1. The Balaban J connectivity index is -0.000000202. The summed E-state index contributed by atoms with van der Waals surface area (Å²) in [5, 5.41) is 10.0. The third kappa shape index (κ3) is 9.96. The highest BCUT2D eigenvalue weighted by molar-refractivity contribution is 5.87. The van der Waals surface area contributed by atoms with Gasteiger partial charge in [-0.25, -0.2) is 4.79 Å². The van der Waals surface area contributed by atoms with Crippen LogP contribution in [0.25, 0.3) is 0 Å². The Labute approximate surface area is 103 Å². The van der Waals surface area contributed by atoms with E-state index in [4.69, 9.17) is 9.94 Å². The minimum atomic E-state index is -0.626. The van der Waals surface area contributed by atoms with E-state index < -0.39 is 12.2 Å². The van der Waals surface area contributed by atoms with E-state index in [0.29, 0.717) is 12.1 Å². The Morgan fingerprint density at radius 2 is 1.93 bits per heavy atom. The molecule has 7 heteroatoms. The first-order valence-corrected chi connectivity index (χ1v) is 3.81. The Morgan fingerprint density at radius 3 is 2.20 bits per heavy atom. The first kappa shape index (κ1) is 24.1. The number of esters is 1. The number of hydrogen-bond donors (Lipinski definition) is 2. The predicted octanol–water partition coefficient (Wildman–Crippen LogP) is 2.17. The molecule has 0 aromatic carbocycles. The lowest BCUT2D eigenvalue weighted by Gasteiger charge is -2.20. The third-order valence-electron chi connectivity index (χ3n) is 1.37. The van der Waals surface area contributed by atoms with E-state index in [1.54, 1.807) is 20.8 Å². The molecule has 1 atom stereocenters. The maximum absolute atomic E-state index is 10.9. The lowest BCUT2D eigenvalue weighted by molar-refractivity contribution is -0.207. The minimum Gasteiger partial charge on any atom is -0.441 e. The van der Waals surface area contributed by atoms with E-state index in [2.05, 4.69) is 6.58 Å². The van der Waals surface area contributed by atoms with E-state index >= 15 is 0 Å². The van der Waals surface area contributed by atoms with Crippen molar-refractivity contribution in [3.63, 3.8) is 0 Å². The molecule has 1 unspecified atom stereocenters. The topological polar surface area (TPSA) is 84.8 Å². The molecule has 0 fully saturated rings. The van der Waals surface area contributed by atoms with Crippen molar-refractivity contribution >= 4 is 30.8 Å². The van der Waals surface area contributed by atoms with Crippen molar-refractivity contribution in [3.05, 3.63) is 12.2 Å². The summed E-state index contributed by atoms with van der Waals surface area (Å²) in [6.07, 6.45) is -0.626. The van der Waals surface area contributed by atoms with E-state index in [-0.39, 0.29) is 31.0 Å². The molecule has 0 rings (SSSR count). The second kappa shape index (κ2) is 11.7. The first-order valence-electron chi connectivity index (χ1n) is 3.81. The quantitative estimate of drug-likeness (QED) is 0.351. The molecule has 0 aromatic rings. The highest BCUT2D eigenvalue weighted by atomic mass is 35.5. The number of rotatable bonds is 4. The van der Waals surface area contributed by atoms with E-state index in [1.807, 2.05) is 0 Å². The summed E-state index contributed by atoms with van der Waals surface area (Å²) in [6.45, 7) is 8.73. The van der Waals surface area contributed by atoms with E-state index in [0.717, 1.165) is 5.06 Å². The zero-order valence-electron chi connectivity index (χ0n) is 9.23. The monoisotopic (exact) mass is 262 g/mol. The number of ether oxygens (including phenoxy) is 1. The molecular formula is C8H20Cl2N2O3. The molecule has 0 saturated heterocycles. The predicted molar refractivity (Wildman–Crippen MR) is 64.1 cm³/mol. The second-order valence-corrected chi connectivity index (χ2v) is 2.54. The molecule has 94 valence electrons. The molecular weight excluding hydrogens is 243 g/mol. The molecule has 0 spiro atoms. The van der Waals surface area contributed by atoms with Gasteiger partial charge >= 0.3 is 5.97 Å². The van der Waals surface area contributed by atoms with Gasteiger partial charge in [-0.2, -0.15) is 5.06 Å². The SMILES string of the molecule is C=C(C)C(=O)OC(C)N(O)CC.Cl.Cl.N. The molecule has 0 bridgehead atoms. The maximum Gasteiger partial charge on any atom is 0.334 e. The molecule has 0 aliphatic heterocycles. The summed E-state index contributed by atoms with van der Waals surface area (Å²) in [7, 11) is 0. The second-order valence-electron chi connectivity index (χ2n) is 2.54. The molecule has 0 saturated carbocycles. The Hall–Kier alpha value is -0.330. The van der Waals surface area contributed by atoms with Crippen molar-refractivity contribution < 1.29 is 14.7 Å². The molecule has 4 N–H and O–H groups in total. The van der Waals surface area contributed by atoms with Crippen molar-refractivity contribution in [1.29, 1.82) is 0 Å². The number of nitrogens with zero attached hydrogens (tertiary/aromatic N) is 1. The number of hydrogen-bond acceptors (Lipinski definition) is 5. The molecule has 0 radical (unpaired) electrons. The summed E-state index contributed by atoms with van der Waals surface area (Å²) in [4.78, 5) is 10.9. The summed E-state index contributed by atoms with van der Waals surface area (Å²) in [6, 6.07) is 0. The van der Waals surface area contributed by atoms with E-state index in [9.17, 15) is 4.79 Å². The van der Waals surface area contributed by atoms with Gasteiger partial charge in [0, 0.05) is 12.1 Å². The average Bonchev–Trinajstić information content (AvgIpc) is 2.02. The largest absolute Gasteiger partial charge is 0.441 e. The first-order chi connectivity index (χ1) is 5.49. The third-order valence-corrected chi connectivity index (χ3v) is 1.37. The molecule has 0 aliphatic carbocycles. The van der Waals surface area contributed by atoms with Crippen LogP contribution >= 0.6 is 24.8 Å². The van der Waals surface area contributed by atoms with Gasteiger partial charge in [0.15, 0.2) is 6.23 Å². The van der Waals surface area contributed by atoms with Crippen molar-refractivity contribution in [1.82, 2.24) is 11.2 Å². The van der Waals surface area contributed by atoms with Crippen molar-refractivity contribution in [2.75, 3.05) is 6.54 Å². The minimum absolute atomic E-state index is 0. The average molecular weight is 263 g/mol. The maximum atomic E-state index is 10.9. The van der Waals surface area contributed by atoms with Crippen LogP contribution < -0.4 is 6.15 Å². The fourth-order valence-corrected chi connectivity index (χ4v) is 0.573. The van der Waals surface area contributed by atoms with Gasteiger partial charge in [-0.15, -0.1) is 24.8 Å². The highest BCUT2D eigenvalue weighted by Crippen LogP contribution is 2.00. The van der Waals surface area contributed by atoms with Gasteiger partial charge in [0.1, 0.15) is 0 Å². The van der Waals surface area contributed by atoms with Crippen molar-refractivity contribution in [2.24, 2.45) is 0 Å². The molecule has 5 nitrogen and oxygen atoms in total. The van der Waals surface area contributed by atoms with Gasteiger partial charge in [-0.05, 0) is 20.8 Å². The van der Waals surface area contributed by atoms with Crippen LogP contribution in [0.5, 0.6) is 0 Å². The van der Waals surface area contributed by atoms with Gasteiger partial charge in [-0.3, -0.25) is 0 Å². The fourth-order valence-electron chi connectivity index (χ4n) is 0.573. The van der Waals surface area contributed by atoms with Gasteiger partial charge < -0.3 is 16.1 Å². The summed E-state index contributed by atoms with van der Waals surface area (Å²) in [5.41, 5.74) is 0.325. The number of carbonyl (C=O) groups is 1. The molecule has 0 aromatic heterocycles. The van der Waals surface area contributed by atoms with Crippen LogP contribution in [0.15, 0.2) is 12.2 Å². The van der Waals surface area contributed by atoms with Gasteiger partial charge in [0.2, 0.25) is 0 Å². The lowest BCUT2D eigenvalue weighted by atomic mass is 10.4. The van der Waals surface area contributed by atoms with Crippen LogP contribution in [-0.4, -0.2) is 29.0 Å². The van der Waals surface area contributed by atoms with Gasteiger partial charge in [0.25, 0.3) is 0 Å². The summed E-state index contributed by atoms with van der Waals surface area (Å²) in [5.74, 6) is -0.491. The van der Waals surface area contributed by atoms with Gasteiger partial charge in [0.05, 0.1) is 0 Å². The normalized spacial score (nSPS) is 10.2. The number of hydroxylamine groups is 2. The van der Waals surface area contributed by atoms with Gasteiger partial charge in [-0.1, -0.05) is 6.58 Å². The van der Waals surface area contributed by atoms with Crippen LogP contribution in [0.4, 0.5) is 0 Å². The van der Waals surface area contributed by atoms with E-state index in [1.165, 1.54) is 0 Å². The Bertz CT molecular complexity index is 191. The van der Waals surface area contributed by atoms with Crippen LogP contribution in [0.3, 0.4) is 0 Å². The molecule has 0 heterocycles.